The summed E-state index contributed by atoms with van der Waals surface area (Å²) in [5.74, 6) is 0.226. The van der Waals surface area contributed by atoms with E-state index in [4.69, 9.17) is 14.9 Å². The summed E-state index contributed by atoms with van der Waals surface area (Å²) in [4.78, 5) is 13.0. The number of halogens is 1. The minimum Gasteiger partial charge on any atom is -0.440 e. The summed E-state index contributed by atoms with van der Waals surface area (Å²) in [6.45, 7) is 1.65. The number of nitriles is 1. The summed E-state index contributed by atoms with van der Waals surface area (Å²) in [5.41, 5.74) is 5.84. The number of fused-ring (bicyclic) bond motifs is 1. The summed E-state index contributed by atoms with van der Waals surface area (Å²) < 4.78 is 11.5. The van der Waals surface area contributed by atoms with Gasteiger partial charge >= 0.3 is 5.63 Å². The van der Waals surface area contributed by atoms with Gasteiger partial charge < -0.3 is 14.9 Å². The topological polar surface area (TPSA) is 89.2 Å². The van der Waals surface area contributed by atoms with Gasteiger partial charge in [-0.2, -0.15) is 5.26 Å². The van der Waals surface area contributed by atoms with Crippen LogP contribution in [0.2, 0.25) is 0 Å². The molecular weight excluding hydrogens is 356 g/mol. The maximum atomic E-state index is 12.2. The third-order valence-corrected chi connectivity index (χ3v) is 4.82. The number of aryl methyl sites for hydroxylation is 1. The van der Waals surface area contributed by atoms with Crippen LogP contribution in [0.4, 0.5) is 0 Å². The van der Waals surface area contributed by atoms with E-state index in [9.17, 15) is 10.1 Å². The molecule has 0 bridgehead atoms. The van der Waals surface area contributed by atoms with Gasteiger partial charge in [-0.3, -0.25) is 0 Å². The van der Waals surface area contributed by atoms with Crippen LogP contribution >= 0.6 is 27.3 Å². The van der Waals surface area contributed by atoms with Crippen LogP contribution in [0.5, 0.6) is 5.75 Å². The minimum absolute atomic E-state index is 0.0181. The molecule has 0 unspecified atom stereocenters. The van der Waals surface area contributed by atoms with Gasteiger partial charge in [0.05, 0.1) is 15.3 Å². The van der Waals surface area contributed by atoms with Crippen molar-refractivity contribution in [2.45, 2.75) is 12.8 Å². The second-order valence-corrected chi connectivity index (χ2v) is 6.98. The molecule has 2 aromatic heterocycles. The smallest absolute Gasteiger partial charge is 0.343 e. The van der Waals surface area contributed by atoms with Crippen molar-refractivity contribution in [3.63, 3.8) is 0 Å². The number of rotatable bonds is 1. The Morgan fingerprint density at radius 1 is 1.48 bits per heavy atom. The van der Waals surface area contributed by atoms with Crippen LogP contribution in [0.15, 0.2) is 42.7 Å². The van der Waals surface area contributed by atoms with Gasteiger partial charge in [0.2, 0.25) is 5.88 Å². The van der Waals surface area contributed by atoms with E-state index < -0.39 is 11.5 Å². The van der Waals surface area contributed by atoms with E-state index in [1.54, 1.807) is 13.0 Å². The molecular formula is C14H9BrN2O3S. The third-order valence-electron chi connectivity index (χ3n) is 3.14. The summed E-state index contributed by atoms with van der Waals surface area (Å²) >= 11 is 4.81. The highest BCUT2D eigenvalue weighted by molar-refractivity contribution is 9.11. The van der Waals surface area contributed by atoms with Gasteiger partial charge in [0.15, 0.2) is 0 Å². The largest absolute Gasteiger partial charge is 0.440 e. The predicted molar refractivity (Wildman–Crippen MR) is 81.0 cm³/mol. The normalized spacial score (nSPS) is 17.1. The van der Waals surface area contributed by atoms with E-state index in [1.165, 1.54) is 11.3 Å². The zero-order valence-electron chi connectivity index (χ0n) is 10.8. The Balaban J connectivity index is 2.31. The van der Waals surface area contributed by atoms with Gasteiger partial charge in [-0.25, -0.2) is 4.79 Å². The van der Waals surface area contributed by atoms with Crippen LogP contribution in [0.3, 0.4) is 0 Å². The molecule has 3 rings (SSSR count). The van der Waals surface area contributed by atoms with E-state index in [0.717, 1.165) is 8.66 Å². The van der Waals surface area contributed by atoms with Gasteiger partial charge in [-0.15, -0.1) is 11.3 Å². The fourth-order valence-corrected chi connectivity index (χ4v) is 3.83. The lowest BCUT2D eigenvalue weighted by Crippen LogP contribution is -2.25. The Morgan fingerprint density at radius 3 is 2.86 bits per heavy atom. The Bertz CT molecular complexity index is 860. The molecule has 21 heavy (non-hydrogen) atoms. The zero-order chi connectivity index (χ0) is 15.1. The van der Waals surface area contributed by atoms with Crippen molar-refractivity contribution >= 4 is 27.3 Å². The van der Waals surface area contributed by atoms with Crippen molar-refractivity contribution in [3.05, 3.63) is 60.1 Å². The van der Waals surface area contributed by atoms with Crippen LogP contribution in [-0.2, 0) is 0 Å². The first kappa shape index (κ1) is 13.9. The van der Waals surface area contributed by atoms with Crippen LogP contribution in [0.25, 0.3) is 0 Å². The number of ether oxygens (including phenoxy) is 1. The predicted octanol–water partition coefficient (Wildman–Crippen LogP) is 2.99. The minimum atomic E-state index is -0.563. The molecule has 2 N–H and O–H groups in total. The highest BCUT2D eigenvalue weighted by Gasteiger charge is 2.35. The van der Waals surface area contributed by atoms with Crippen molar-refractivity contribution in [2.24, 2.45) is 5.73 Å². The molecule has 0 aromatic carbocycles. The molecule has 0 fully saturated rings. The number of nitrogens with zero attached hydrogens (tertiary/aromatic N) is 1. The number of nitrogens with two attached hydrogens (primary N) is 1. The van der Waals surface area contributed by atoms with Gasteiger partial charge in [0.25, 0.3) is 0 Å². The molecule has 3 heterocycles. The summed E-state index contributed by atoms with van der Waals surface area (Å²) in [7, 11) is 0. The highest BCUT2D eigenvalue weighted by atomic mass is 79.9. The van der Waals surface area contributed by atoms with Gasteiger partial charge in [-0.05, 0) is 35.0 Å². The summed E-state index contributed by atoms with van der Waals surface area (Å²) in [6, 6.07) is 7.34. The van der Waals surface area contributed by atoms with Crippen molar-refractivity contribution < 1.29 is 9.15 Å². The molecule has 2 aromatic rings. The molecule has 7 heteroatoms. The number of allylic oxidation sites excluding steroid dienone is 1. The first-order chi connectivity index (χ1) is 10.0. The molecule has 0 amide bonds. The molecule has 0 radical (unpaired) electrons. The maximum absolute atomic E-state index is 12.2. The lowest BCUT2D eigenvalue weighted by atomic mass is 9.89. The van der Waals surface area contributed by atoms with Crippen molar-refractivity contribution in [1.29, 1.82) is 5.26 Å². The van der Waals surface area contributed by atoms with E-state index in [1.807, 2.05) is 18.2 Å². The molecule has 0 saturated heterocycles. The Morgan fingerprint density at radius 2 is 2.24 bits per heavy atom. The molecule has 0 saturated carbocycles. The van der Waals surface area contributed by atoms with E-state index in [2.05, 4.69) is 15.9 Å². The zero-order valence-corrected chi connectivity index (χ0v) is 13.2. The number of thiophene rings is 1. The summed E-state index contributed by atoms with van der Waals surface area (Å²) in [6.07, 6.45) is 0. The number of hydrogen-bond acceptors (Lipinski definition) is 6. The average molecular weight is 365 g/mol. The average Bonchev–Trinajstić information content (AvgIpc) is 2.83. The highest BCUT2D eigenvalue weighted by Crippen LogP contribution is 2.43. The molecule has 1 aliphatic heterocycles. The lowest BCUT2D eigenvalue weighted by molar-refractivity contribution is 0.372. The Hall–Kier alpha value is -2.04. The first-order valence-corrected chi connectivity index (χ1v) is 7.59. The molecule has 0 spiro atoms. The molecule has 1 aliphatic rings. The lowest BCUT2D eigenvalue weighted by Gasteiger charge is -2.24. The van der Waals surface area contributed by atoms with Crippen molar-refractivity contribution in [3.8, 4) is 11.8 Å². The Labute approximate surface area is 132 Å². The summed E-state index contributed by atoms with van der Waals surface area (Å²) in [5, 5.41) is 9.36. The van der Waals surface area contributed by atoms with Crippen molar-refractivity contribution in [2.75, 3.05) is 0 Å². The Kier molecular flexibility index (Phi) is 3.35. The van der Waals surface area contributed by atoms with Crippen LogP contribution in [0.1, 0.15) is 22.1 Å². The van der Waals surface area contributed by atoms with Crippen LogP contribution in [0, 0.1) is 18.3 Å². The SMILES string of the molecule is Cc1cc2c(c(=O)o1)[C@H](c1ccc(Br)s1)C(C#N)=C(N)O2. The molecule has 0 aliphatic carbocycles. The third kappa shape index (κ3) is 2.26. The standard InChI is InChI=1S/C14H9BrN2O3S/c1-6-4-8-12(14(18)19-6)11(7(5-16)13(17)20-8)9-2-3-10(15)21-9/h2-4,11H,17H2,1H3/t11-/m0/s1. The fourth-order valence-electron chi connectivity index (χ4n) is 2.29. The quantitative estimate of drug-likeness (QED) is 0.839. The van der Waals surface area contributed by atoms with Gasteiger partial charge in [0.1, 0.15) is 23.2 Å². The fraction of sp³-hybridized carbons (Fsp3) is 0.143. The van der Waals surface area contributed by atoms with E-state index in [0.29, 0.717) is 17.1 Å². The van der Waals surface area contributed by atoms with Crippen LogP contribution < -0.4 is 16.1 Å². The van der Waals surface area contributed by atoms with Crippen LogP contribution in [-0.4, -0.2) is 0 Å². The maximum Gasteiger partial charge on any atom is 0.343 e. The van der Waals surface area contributed by atoms with E-state index >= 15 is 0 Å². The first-order valence-electron chi connectivity index (χ1n) is 5.98. The molecule has 1 atom stereocenters. The van der Waals surface area contributed by atoms with Gasteiger partial charge in [-0.1, -0.05) is 0 Å². The number of hydrogen-bond donors (Lipinski definition) is 1. The van der Waals surface area contributed by atoms with Gasteiger partial charge in [0, 0.05) is 10.9 Å². The van der Waals surface area contributed by atoms with Crippen molar-refractivity contribution in [1.82, 2.24) is 0 Å². The second-order valence-electron chi connectivity index (χ2n) is 4.49. The molecule has 106 valence electrons. The monoisotopic (exact) mass is 364 g/mol. The van der Waals surface area contributed by atoms with E-state index in [-0.39, 0.29) is 11.5 Å². The second kappa shape index (κ2) is 5.06. The molecule has 5 nitrogen and oxygen atoms in total.